The molecule has 2 aromatic carbocycles. The lowest BCUT2D eigenvalue weighted by Crippen LogP contribution is -2.33. The minimum atomic E-state index is -0.193. The zero-order valence-electron chi connectivity index (χ0n) is 13.3. The molecule has 0 spiro atoms. The summed E-state index contributed by atoms with van der Waals surface area (Å²) in [6.07, 6.45) is 0.691. The van der Waals surface area contributed by atoms with Gasteiger partial charge in [-0.15, -0.1) is 0 Å². The van der Waals surface area contributed by atoms with Gasteiger partial charge in [0.05, 0.1) is 11.0 Å². The highest BCUT2D eigenvalue weighted by Crippen LogP contribution is 2.12. The van der Waals surface area contributed by atoms with Crippen LogP contribution in [0.25, 0.3) is 11.0 Å². The van der Waals surface area contributed by atoms with E-state index in [9.17, 15) is 9.59 Å². The van der Waals surface area contributed by atoms with Crippen molar-refractivity contribution in [2.24, 2.45) is 7.05 Å². The van der Waals surface area contributed by atoms with Crippen molar-refractivity contribution in [3.63, 3.8) is 0 Å². The van der Waals surface area contributed by atoms with Gasteiger partial charge in [-0.1, -0.05) is 35.9 Å². The number of amides is 1. The fraction of sp³-hybridized carbons (Fsp3) is 0.222. The number of rotatable bonds is 5. The molecule has 0 saturated carbocycles. The summed E-state index contributed by atoms with van der Waals surface area (Å²) >= 11 is 5.94. The van der Waals surface area contributed by atoms with E-state index >= 15 is 0 Å². The summed E-state index contributed by atoms with van der Waals surface area (Å²) in [5.74, 6) is -0.185. The number of para-hydroxylation sites is 2. The Balaban J connectivity index is 1.65. The summed E-state index contributed by atoms with van der Waals surface area (Å²) in [4.78, 5) is 24.5. The molecule has 0 aliphatic heterocycles. The molecule has 24 heavy (non-hydrogen) atoms. The molecule has 1 aromatic heterocycles. The molecule has 0 atom stereocenters. The van der Waals surface area contributed by atoms with Crippen LogP contribution in [0.5, 0.6) is 0 Å². The van der Waals surface area contributed by atoms with Gasteiger partial charge in [0.25, 0.3) is 0 Å². The second-order valence-electron chi connectivity index (χ2n) is 5.65. The second-order valence-corrected chi connectivity index (χ2v) is 6.08. The van der Waals surface area contributed by atoms with E-state index < -0.39 is 0 Å². The molecule has 5 nitrogen and oxygen atoms in total. The van der Waals surface area contributed by atoms with Crippen molar-refractivity contribution in [2.75, 3.05) is 6.54 Å². The first-order valence-electron chi connectivity index (χ1n) is 7.71. The Morgan fingerprint density at radius 1 is 1.12 bits per heavy atom. The van der Waals surface area contributed by atoms with Gasteiger partial charge in [0.1, 0.15) is 6.54 Å². The van der Waals surface area contributed by atoms with E-state index in [0.29, 0.717) is 18.0 Å². The maximum absolute atomic E-state index is 12.3. The highest BCUT2D eigenvalue weighted by Gasteiger charge is 2.12. The number of hydrogen-bond donors (Lipinski definition) is 1. The van der Waals surface area contributed by atoms with Crippen molar-refractivity contribution >= 4 is 28.5 Å². The summed E-state index contributed by atoms with van der Waals surface area (Å²) in [5.41, 5.74) is 2.44. The number of carbonyl (C=O) groups is 1. The standard InChI is InChI=1S/C18H18ClN3O2/c1-21-15-7-2-3-8-16(15)22(18(21)24)12-17(23)20-10-9-13-5-4-6-14(19)11-13/h2-8,11H,9-10,12H2,1H3,(H,20,23). The second kappa shape index (κ2) is 6.93. The number of nitrogens with one attached hydrogen (secondary N) is 1. The molecule has 0 fully saturated rings. The normalized spacial score (nSPS) is 10.9. The third-order valence-corrected chi connectivity index (χ3v) is 4.21. The predicted molar refractivity (Wildman–Crippen MR) is 95.3 cm³/mol. The minimum absolute atomic E-state index is 0.00966. The van der Waals surface area contributed by atoms with Gasteiger partial charge in [0, 0.05) is 18.6 Å². The van der Waals surface area contributed by atoms with Crippen LogP contribution in [-0.4, -0.2) is 21.6 Å². The van der Waals surface area contributed by atoms with Gasteiger partial charge in [-0.05, 0) is 36.2 Å². The largest absolute Gasteiger partial charge is 0.354 e. The monoisotopic (exact) mass is 343 g/mol. The van der Waals surface area contributed by atoms with Gasteiger partial charge in [-0.25, -0.2) is 4.79 Å². The Labute approximate surface area is 144 Å². The van der Waals surface area contributed by atoms with Gasteiger partial charge < -0.3 is 5.32 Å². The number of hydrogen-bond acceptors (Lipinski definition) is 2. The Kier molecular flexibility index (Phi) is 4.71. The van der Waals surface area contributed by atoms with E-state index in [0.717, 1.165) is 16.6 Å². The van der Waals surface area contributed by atoms with Crippen molar-refractivity contribution in [2.45, 2.75) is 13.0 Å². The average molecular weight is 344 g/mol. The number of benzene rings is 2. The van der Waals surface area contributed by atoms with Crippen LogP contribution in [0.2, 0.25) is 5.02 Å². The Hall–Kier alpha value is -2.53. The maximum Gasteiger partial charge on any atom is 0.329 e. The molecule has 0 aliphatic carbocycles. The summed E-state index contributed by atoms with van der Waals surface area (Å²) in [7, 11) is 1.71. The molecule has 3 aromatic rings. The summed E-state index contributed by atoms with van der Waals surface area (Å²) in [6.45, 7) is 0.508. The fourth-order valence-corrected chi connectivity index (χ4v) is 2.97. The number of imidazole rings is 1. The van der Waals surface area contributed by atoms with Crippen LogP contribution in [0.3, 0.4) is 0 Å². The van der Waals surface area contributed by atoms with E-state index in [1.54, 1.807) is 11.6 Å². The Morgan fingerprint density at radius 2 is 1.88 bits per heavy atom. The Bertz CT molecular complexity index is 943. The molecule has 0 bridgehead atoms. The van der Waals surface area contributed by atoms with Crippen molar-refractivity contribution < 1.29 is 4.79 Å². The maximum atomic E-state index is 12.3. The molecular formula is C18H18ClN3O2. The highest BCUT2D eigenvalue weighted by molar-refractivity contribution is 6.30. The van der Waals surface area contributed by atoms with E-state index in [4.69, 9.17) is 11.6 Å². The van der Waals surface area contributed by atoms with Crippen LogP contribution in [0.4, 0.5) is 0 Å². The SMILES string of the molecule is Cn1c(=O)n(CC(=O)NCCc2cccc(Cl)c2)c2ccccc21. The average Bonchev–Trinajstić information content (AvgIpc) is 2.80. The molecule has 0 aliphatic rings. The molecule has 124 valence electrons. The predicted octanol–water partition coefficient (Wildman–Crippen LogP) is 2.35. The fourth-order valence-electron chi connectivity index (χ4n) is 2.75. The lowest BCUT2D eigenvalue weighted by atomic mass is 10.1. The van der Waals surface area contributed by atoms with E-state index in [-0.39, 0.29) is 18.1 Å². The van der Waals surface area contributed by atoms with Gasteiger partial charge in [0.15, 0.2) is 0 Å². The lowest BCUT2D eigenvalue weighted by molar-refractivity contribution is -0.121. The number of aromatic nitrogens is 2. The number of halogens is 1. The van der Waals surface area contributed by atoms with Crippen LogP contribution in [0.1, 0.15) is 5.56 Å². The first-order chi connectivity index (χ1) is 11.6. The van der Waals surface area contributed by atoms with E-state index in [2.05, 4.69) is 5.32 Å². The molecule has 6 heteroatoms. The third kappa shape index (κ3) is 3.36. The zero-order chi connectivity index (χ0) is 17.1. The van der Waals surface area contributed by atoms with Gasteiger partial charge in [0.2, 0.25) is 5.91 Å². The highest BCUT2D eigenvalue weighted by atomic mass is 35.5. The third-order valence-electron chi connectivity index (χ3n) is 3.98. The number of nitrogens with zero attached hydrogens (tertiary/aromatic N) is 2. The van der Waals surface area contributed by atoms with Gasteiger partial charge >= 0.3 is 5.69 Å². The molecular weight excluding hydrogens is 326 g/mol. The smallest absolute Gasteiger partial charge is 0.329 e. The quantitative estimate of drug-likeness (QED) is 0.773. The van der Waals surface area contributed by atoms with Crippen LogP contribution < -0.4 is 11.0 Å². The van der Waals surface area contributed by atoms with Crippen LogP contribution in [0.15, 0.2) is 53.3 Å². The molecule has 0 saturated heterocycles. The van der Waals surface area contributed by atoms with Crippen molar-refractivity contribution in [1.82, 2.24) is 14.5 Å². The van der Waals surface area contributed by atoms with Crippen molar-refractivity contribution in [3.05, 3.63) is 69.6 Å². The number of aryl methyl sites for hydroxylation is 1. The topological polar surface area (TPSA) is 56.0 Å². The molecule has 1 N–H and O–H groups in total. The molecule has 3 rings (SSSR count). The lowest BCUT2D eigenvalue weighted by Gasteiger charge is -2.07. The van der Waals surface area contributed by atoms with Crippen LogP contribution in [-0.2, 0) is 24.8 Å². The summed E-state index contributed by atoms with van der Waals surface area (Å²) in [6, 6.07) is 15.0. The number of fused-ring (bicyclic) bond motifs is 1. The van der Waals surface area contributed by atoms with E-state index in [1.807, 2.05) is 48.5 Å². The molecule has 1 heterocycles. The number of carbonyl (C=O) groups excluding carboxylic acids is 1. The van der Waals surface area contributed by atoms with Crippen LogP contribution >= 0.6 is 11.6 Å². The first kappa shape index (κ1) is 16.3. The van der Waals surface area contributed by atoms with E-state index in [1.165, 1.54) is 4.57 Å². The molecule has 1 amide bonds. The van der Waals surface area contributed by atoms with Crippen molar-refractivity contribution in [3.8, 4) is 0 Å². The summed E-state index contributed by atoms with van der Waals surface area (Å²) in [5, 5.41) is 3.53. The van der Waals surface area contributed by atoms with Crippen LogP contribution in [0, 0.1) is 0 Å². The molecule has 0 radical (unpaired) electrons. The Morgan fingerprint density at radius 3 is 2.62 bits per heavy atom. The molecule has 0 unspecified atom stereocenters. The minimum Gasteiger partial charge on any atom is -0.354 e. The van der Waals surface area contributed by atoms with Crippen molar-refractivity contribution in [1.29, 1.82) is 0 Å². The first-order valence-corrected chi connectivity index (χ1v) is 8.09. The van der Waals surface area contributed by atoms with Gasteiger partial charge in [-0.2, -0.15) is 0 Å². The van der Waals surface area contributed by atoms with Gasteiger partial charge in [-0.3, -0.25) is 13.9 Å². The zero-order valence-corrected chi connectivity index (χ0v) is 14.1. The summed E-state index contributed by atoms with van der Waals surface area (Å²) < 4.78 is 3.04.